The Morgan fingerprint density at radius 1 is 1.35 bits per heavy atom. The Morgan fingerprint density at radius 3 is 2.70 bits per heavy atom. The van der Waals surface area contributed by atoms with Crippen LogP contribution in [-0.2, 0) is 4.74 Å². The van der Waals surface area contributed by atoms with Gasteiger partial charge < -0.3 is 9.15 Å². The standard InChI is InChI=1S/C16H24N2O2/c1-5-16(4,19-6-2)15(18-17)14-10-12-9-11(3)7-8-13(12)20-14/h7-10,15,18H,5-6,17H2,1-4H3. The summed E-state index contributed by atoms with van der Waals surface area (Å²) in [4.78, 5) is 0. The molecule has 20 heavy (non-hydrogen) atoms. The summed E-state index contributed by atoms with van der Waals surface area (Å²) < 4.78 is 11.9. The van der Waals surface area contributed by atoms with E-state index in [-0.39, 0.29) is 6.04 Å². The Kier molecular flexibility index (Phi) is 4.48. The van der Waals surface area contributed by atoms with Crippen LogP contribution in [0.15, 0.2) is 28.7 Å². The zero-order valence-corrected chi connectivity index (χ0v) is 12.7. The van der Waals surface area contributed by atoms with Gasteiger partial charge in [-0.05, 0) is 45.4 Å². The van der Waals surface area contributed by atoms with E-state index in [1.54, 1.807) is 0 Å². The number of hydrogen-bond acceptors (Lipinski definition) is 4. The van der Waals surface area contributed by atoms with Gasteiger partial charge in [-0.3, -0.25) is 5.84 Å². The van der Waals surface area contributed by atoms with Crippen LogP contribution in [0, 0.1) is 6.92 Å². The highest BCUT2D eigenvalue weighted by molar-refractivity contribution is 5.78. The van der Waals surface area contributed by atoms with Crippen LogP contribution in [0.1, 0.15) is 44.6 Å². The second kappa shape index (κ2) is 5.95. The van der Waals surface area contributed by atoms with Gasteiger partial charge in [0.2, 0.25) is 0 Å². The van der Waals surface area contributed by atoms with E-state index in [0.717, 1.165) is 23.2 Å². The van der Waals surface area contributed by atoms with E-state index in [1.807, 2.05) is 25.1 Å². The zero-order chi connectivity index (χ0) is 14.8. The minimum atomic E-state index is -0.396. The quantitative estimate of drug-likeness (QED) is 0.626. The van der Waals surface area contributed by atoms with Crippen LogP contribution in [0.25, 0.3) is 11.0 Å². The molecular weight excluding hydrogens is 252 g/mol. The molecule has 0 saturated heterocycles. The largest absolute Gasteiger partial charge is 0.459 e. The van der Waals surface area contributed by atoms with E-state index in [2.05, 4.69) is 32.3 Å². The fourth-order valence-corrected chi connectivity index (χ4v) is 2.60. The highest BCUT2D eigenvalue weighted by atomic mass is 16.5. The maximum absolute atomic E-state index is 5.95. The van der Waals surface area contributed by atoms with Crippen LogP contribution in [0.2, 0.25) is 0 Å². The van der Waals surface area contributed by atoms with Crippen LogP contribution in [0.4, 0.5) is 0 Å². The second-order valence-electron chi connectivity index (χ2n) is 5.39. The third-order valence-electron chi connectivity index (χ3n) is 3.93. The van der Waals surface area contributed by atoms with Gasteiger partial charge in [-0.2, -0.15) is 0 Å². The number of furan rings is 1. The predicted octanol–water partition coefficient (Wildman–Crippen LogP) is 3.45. The van der Waals surface area contributed by atoms with E-state index in [0.29, 0.717) is 6.61 Å². The third-order valence-corrected chi connectivity index (χ3v) is 3.93. The Bertz CT molecular complexity index is 579. The Labute approximate surface area is 120 Å². The number of aryl methyl sites for hydroxylation is 1. The summed E-state index contributed by atoms with van der Waals surface area (Å²) in [6.45, 7) is 8.85. The van der Waals surface area contributed by atoms with Crippen molar-refractivity contribution >= 4 is 11.0 Å². The molecule has 0 spiro atoms. The van der Waals surface area contributed by atoms with Crippen molar-refractivity contribution < 1.29 is 9.15 Å². The highest BCUT2D eigenvalue weighted by Crippen LogP contribution is 2.34. The Morgan fingerprint density at radius 2 is 2.10 bits per heavy atom. The van der Waals surface area contributed by atoms with Crippen molar-refractivity contribution in [3.63, 3.8) is 0 Å². The summed E-state index contributed by atoms with van der Waals surface area (Å²) >= 11 is 0. The summed E-state index contributed by atoms with van der Waals surface area (Å²) in [6, 6.07) is 8.01. The minimum absolute atomic E-state index is 0.180. The number of rotatable bonds is 6. The molecule has 1 aromatic carbocycles. The topological polar surface area (TPSA) is 60.4 Å². The van der Waals surface area contributed by atoms with Gasteiger partial charge in [0.1, 0.15) is 17.4 Å². The van der Waals surface area contributed by atoms with Crippen LogP contribution in [0.3, 0.4) is 0 Å². The van der Waals surface area contributed by atoms with Gasteiger partial charge >= 0.3 is 0 Å². The fourth-order valence-electron chi connectivity index (χ4n) is 2.60. The number of fused-ring (bicyclic) bond motifs is 1. The molecule has 1 heterocycles. The number of nitrogens with two attached hydrogens (primary N) is 1. The van der Waals surface area contributed by atoms with Crippen molar-refractivity contribution in [2.24, 2.45) is 5.84 Å². The van der Waals surface area contributed by atoms with Gasteiger partial charge in [0.25, 0.3) is 0 Å². The van der Waals surface area contributed by atoms with Crippen molar-refractivity contribution in [3.8, 4) is 0 Å². The molecule has 1 aromatic heterocycles. The first-order chi connectivity index (χ1) is 9.54. The van der Waals surface area contributed by atoms with Crippen LogP contribution >= 0.6 is 0 Å². The molecule has 2 aromatic rings. The second-order valence-corrected chi connectivity index (χ2v) is 5.39. The molecule has 0 aliphatic rings. The van der Waals surface area contributed by atoms with E-state index >= 15 is 0 Å². The molecule has 0 bridgehead atoms. The zero-order valence-electron chi connectivity index (χ0n) is 12.7. The summed E-state index contributed by atoms with van der Waals surface area (Å²) in [6.07, 6.45) is 0.839. The first-order valence-corrected chi connectivity index (χ1v) is 7.14. The van der Waals surface area contributed by atoms with Gasteiger partial charge in [0.15, 0.2) is 0 Å². The summed E-state index contributed by atoms with van der Waals surface area (Å²) in [7, 11) is 0. The van der Waals surface area contributed by atoms with E-state index in [4.69, 9.17) is 15.0 Å². The molecule has 0 aliphatic carbocycles. The molecule has 0 radical (unpaired) electrons. The molecule has 110 valence electrons. The van der Waals surface area contributed by atoms with E-state index in [1.165, 1.54) is 5.56 Å². The van der Waals surface area contributed by atoms with Crippen LogP contribution in [-0.4, -0.2) is 12.2 Å². The van der Waals surface area contributed by atoms with Crippen molar-refractivity contribution in [2.45, 2.75) is 45.8 Å². The predicted molar refractivity (Wildman–Crippen MR) is 81.3 cm³/mol. The van der Waals surface area contributed by atoms with Gasteiger partial charge in [0.05, 0.1) is 5.60 Å². The SMILES string of the molecule is CCOC(C)(CC)C(NN)c1cc2cc(C)ccc2o1. The fraction of sp³-hybridized carbons (Fsp3) is 0.500. The van der Waals surface area contributed by atoms with Gasteiger partial charge in [-0.15, -0.1) is 0 Å². The maximum Gasteiger partial charge on any atom is 0.134 e. The van der Waals surface area contributed by atoms with Crippen molar-refractivity contribution in [1.29, 1.82) is 0 Å². The summed E-state index contributed by atoms with van der Waals surface area (Å²) in [5.74, 6) is 6.57. The molecule has 4 nitrogen and oxygen atoms in total. The molecule has 0 fully saturated rings. The smallest absolute Gasteiger partial charge is 0.134 e. The maximum atomic E-state index is 5.95. The monoisotopic (exact) mass is 276 g/mol. The van der Waals surface area contributed by atoms with E-state index < -0.39 is 5.60 Å². The van der Waals surface area contributed by atoms with Gasteiger partial charge in [-0.1, -0.05) is 18.6 Å². The lowest BCUT2D eigenvalue weighted by Crippen LogP contribution is -2.46. The lowest BCUT2D eigenvalue weighted by molar-refractivity contribution is -0.0606. The average Bonchev–Trinajstić information content (AvgIpc) is 2.82. The molecule has 2 unspecified atom stereocenters. The summed E-state index contributed by atoms with van der Waals surface area (Å²) in [5, 5.41) is 1.09. The molecule has 4 heteroatoms. The molecule has 2 atom stereocenters. The number of nitrogens with one attached hydrogen (secondary N) is 1. The molecule has 3 N–H and O–H groups in total. The number of hydrogen-bond donors (Lipinski definition) is 2. The molecular formula is C16H24N2O2. The molecule has 0 amide bonds. The first kappa shape index (κ1) is 15.0. The molecule has 2 rings (SSSR count). The average molecular weight is 276 g/mol. The highest BCUT2D eigenvalue weighted by Gasteiger charge is 2.36. The van der Waals surface area contributed by atoms with Crippen LogP contribution in [0.5, 0.6) is 0 Å². The lowest BCUT2D eigenvalue weighted by Gasteiger charge is -2.35. The van der Waals surface area contributed by atoms with Gasteiger partial charge in [0, 0.05) is 12.0 Å². The van der Waals surface area contributed by atoms with Crippen molar-refractivity contribution in [2.75, 3.05) is 6.61 Å². The number of hydrazine groups is 1. The molecule has 0 aliphatic heterocycles. The van der Waals surface area contributed by atoms with Crippen molar-refractivity contribution in [1.82, 2.24) is 5.43 Å². The van der Waals surface area contributed by atoms with Crippen molar-refractivity contribution in [3.05, 3.63) is 35.6 Å². The number of benzene rings is 1. The number of ether oxygens (including phenoxy) is 1. The lowest BCUT2D eigenvalue weighted by atomic mass is 9.91. The Balaban J connectivity index is 2.43. The third kappa shape index (κ3) is 2.73. The molecule has 0 saturated carbocycles. The van der Waals surface area contributed by atoms with Crippen LogP contribution < -0.4 is 11.3 Å². The first-order valence-electron chi connectivity index (χ1n) is 7.14. The van der Waals surface area contributed by atoms with Gasteiger partial charge in [-0.25, -0.2) is 5.43 Å². The minimum Gasteiger partial charge on any atom is -0.459 e. The normalized spacial score (nSPS) is 16.2. The summed E-state index contributed by atoms with van der Waals surface area (Å²) in [5.41, 5.74) is 4.54. The van der Waals surface area contributed by atoms with E-state index in [9.17, 15) is 0 Å². The Hall–Kier alpha value is -1.36.